The van der Waals surface area contributed by atoms with Gasteiger partial charge in [0, 0.05) is 22.7 Å². The quantitative estimate of drug-likeness (QED) is 0.764. The van der Waals surface area contributed by atoms with Gasteiger partial charge in [-0.1, -0.05) is 0 Å². The van der Waals surface area contributed by atoms with E-state index in [1.807, 2.05) is 0 Å². The molecule has 0 unspecified atom stereocenters. The van der Waals surface area contributed by atoms with Gasteiger partial charge in [-0.15, -0.1) is 0 Å². The molecule has 88 valence electrons. The summed E-state index contributed by atoms with van der Waals surface area (Å²) < 4.78 is 33.5. The molecule has 0 saturated carbocycles. The molecule has 0 fully saturated rings. The highest BCUT2D eigenvalue weighted by Gasteiger charge is 2.28. The Morgan fingerprint density at radius 2 is 2.19 bits per heavy atom. The molecular formula is C10H11ClO4S. The molecule has 0 bridgehead atoms. The van der Waals surface area contributed by atoms with Gasteiger partial charge < -0.3 is 9.47 Å². The minimum atomic E-state index is -3.75. The van der Waals surface area contributed by atoms with Gasteiger partial charge in [-0.25, -0.2) is 8.42 Å². The lowest BCUT2D eigenvalue weighted by Crippen LogP contribution is -2.01. The zero-order valence-electron chi connectivity index (χ0n) is 8.91. The van der Waals surface area contributed by atoms with Crippen LogP contribution in [0.15, 0.2) is 11.0 Å². The molecule has 0 atom stereocenters. The fourth-order valence-corrected chi connectivity index (χ4v) is 3.53. The number of halogens is 1. The second kappa shape index (κ2) is 3.82. The Hall–Kier alpha value is -0.940. The Morgan fingerprint density at radius 3 is 2.75 bits per heavy atom. The molecule has 0 N–H and O–H groups in total. The molecule has 0 spiro atoms. The van der Waals surface area contributed by atoms with Crippen LogP contribution in [0, 0.1) is 6.92 Å². The molecule has 2 rings (SSSR count). The van der Waals surface area contributed by atoms with E-state index in [0.29, 0.717) is 35.7 Å². The molecule has 0 amide bonds. The first-order valence-corrected chi connectivity index (χ1v) is 7.04. The van der Waals surface area contributed by atoms with Crippen molar-refractivity contribution in [2.45, 2.75) is 18.2 Å². The van der Waals surface area contributed by atoms with E-state index in [4.69, 9.17) is 20.2 Å². The van der Waals surface area contributed by atoms with Crippen LogP contribution in [0.4, 0.5) is 0 Å². The van der Waals surface area contributed by atoms with Crippen molar-refractivity contribution >= 4 is 19.7 Å². The summed E-state index contributed by atoms with van der Waals surface area (Å²) in [6, 6.07) is 1.62. The van der Waals surface area contributed by atoms with E-state index >= 15 is 0 Å². The van der Waals surface area contributed by atoms with Crippen LogP contribution in [0.25, 0.3) is 0 Å². The highest BCUT2D eigenvalue weighted by Crippen LogP contribution is 2.42. The largest absolute Gasteiger partial charge is 0.493 e. The molecule has 16 heavy (non-hydrogen) atoms. The van der Waals surface area contributed by atoms with Crippen LogP contribution in [0.2, 0.25) is 0 Å². The summed E-state index contributed by atoms with van der Waals surface area (Å²) in [7, 11) is 3.19. The van der Waals surface area contributed by atoms with Gasteiger partial charge in [0.15, 0.2) is 11.5 Å². The van der Waals surface area contributed by atoms with Gasteiger partial charge in [-0.05, 0) is 18.6 Å². The van der Waals surface area contributed by atoms with E-state index in [1.165, 1.54) is 7.11 Å². The third kappa shape index (κ3) is 1.74. The van der Waals surface area contributed by atoms with Crippen LogP contribution in [-0.2, 0) is 15.5 Å². The fourth-order valence-electron chi connectivity index (χ4n) is 1.95. The van der Waals surface area contributed by atoms with Crippen LogP contribution in [0.1, 0.15) is 11.1 Å². The van der Waals surface area contributed by atoms with E-state index < -0.39 is 9.05 Å². The number of aryl methyl sites for hydroxylation is 1. The summed E-state index contributed by atoms with van der Waals surface area (Å²) in [6.45, 7) is 2.14. The van der Waals surface area contributed by atoms with E-state index in [2.05, 4.69) is 0 Å². The maximum atomic E-state index is 11.5. The molecular weight excluding hydrogens is 252 g/mol. The van der Waals surface area contributed by atoms with Gasteiger partial charge >= 0.3 is 0 Å². The monoisotopic (exact) mass is 262 g/mol. The zero-order valence-corrected chi connectivity index (χ0v) is 10.5. The van der Waals surface area contributed by atoms with Crippen LogP contribution < -0.4 is 9.47 Å². The second-order valence-corrected chi connectivity index (χ2v) is 6.07. The van der Waals surface area contributed by atoms with E-state index in [1.54, 1.807) is 13.0 Å². The summed E-state index contributed by atoms with van der Waals surface area (Å²) in [5.41, 5.74) is 1.20. The van der Waals surface area contributed by atoms with Crippen molar-refractivity contribution in [1.29, 1.82) is 0 Å². The van der Waals surface area contributed by atoms with E-state index in [9.17, 15) is 8.42 Å². The molecule has 1 aromatic rings. The maximum absolute atomic E-state index is 11.5. The lowest BCUT2D eigenvalue weighted by atomic mass is 10.1. The average molecular weight is 263 g/mol. The predicted octanol–water partition coefficient (Wildman–Crippen LogP) is 1.87. The predicted molar refractivity (Wildman–Crippen MR) is 60.0 cm³/mol. The number of hydrogen-bond donors (Lipinski definition) is 0. The van der Waals surface area contributed by atoms with Crippen molar-refractivity contribution < 1.29 is 17.9 Å². The highest BCUT2D eigenvalue weighted by molar-refractivity contribution is 8.13. The van der Waals surface area contributed by atoms with Crippen molar-refractivity contribution in [3.8, 4) is 11.5 Å². The number of fused-ring (bicyclic) bond motifs is 1. The van der Waals surface area contributed by atoms with Crippen LogP contribution in [0.5, 0.6) is 11.5 Å². The standard InChI is InChI=1S/C10H11ClO4S/c1-6-5-8(14-2)9-7(3-4-15-9)10(6)16(11,12)13/h5H,3-4H2,1-2H3. The lowest BCUT2D eigenvalue weighted by Gasteiger charge is -2.11. The SMILES string of the molecule is COc1cc(C)c(S(=O)(=O)Cl)c2c1OCC2. The Balaban J connectivity index is 2.78. The van der Waals surface area contributed by atoms with Gasteiger partial charge in [-0.3, -0.25) is 0 Å². The van der Waals surface area contributed by atoms with Crippen molar-refractivity contribution in [2.75, 3.05) is 13.7 Å². The highest BCUT2D eigenvalue weighted by atomic mass is 35.7. The van der Waals surface area contributed by atoms with Crippen molar-refractivity contribution in [2.24, 2.45) is 0 Å². The maximum Gasteiger partial charge on any atom is 0.261 e. The van der Waals surface area contributed by atoms with Crippen LogP contribution in [-0.4, -0.2) is 22.1 Å². The minimum Gasteiger partial charge on any atom is -0.493 e. The Labute approximate surface area is 98.5 Å². The van der Waals surface area contributed by atoms with Gasteiger partial charge in [0.25, 0.3) is 9.05 Å². The topological polar surface area (TPSA) is 52.6 Å². The normalized spacial score (nSPS) is 14.4. The first-order chi connectivity index (χ1) is 7.45. The third-order valence-corrected chi connectivity index (χ3v) is 4.06. The summed E-state index contributed by atoms with van der Waals surface area (Å²) >= 11 is 0. The Kier molecular flexibility index (Phi) is 2.75. The molecule has 1 aliphatic rings. The summed E-state index contributed by atoms with van der Waals surface area (Å²) in [4.78, 5) is 0.155. The number of methoxy groups -OCH3 is 1. The molecule has 0 radical (unpaired) electrons. The molecule has 6 heteroatoms. The number of rotatable bonds is 2. The summed E-state index contributed by atoms with van der Waals surface area (Å²) in [5.74, 6) is 1.04. The van der Waals surface area contributed by atoms with E-state index in [0.717, 1.165) is 0 Å². The third-order valence-electron chi connectivity index (χ3n) is 2.54. The fraction of sp³-hybridized carbons (Fsp3) is 0.400. The van der Waals surface area contributed by atoms with Crippen LogP contribution in [0.3, 0.4) is 0 Å². The summed E-state index contributed by atoms with van der Waals surface area (Å²) in [5, 5.41) is 0. The Bertz CT molecular complexity index is 536. The average Bonchev–Trinajstić information content (AvgIpc) is 2.62. The smallest absolute Gasteiger partial charge is 0.261 e. The van der Waals surface area contributed by atoms with Gasteiger partial charge in [0.05, 0.1) is 18.6 Å². The number of benzene rings is 1. The molecule has 4 nitrogen and oxygen atoms in total. The van der Waals surface area contributed by atoms with Gasteiger partial charge in [0.1, 0.15) is 0 Å². The molecule has 0 aliphatic carbocycles. The summed E-state index contributed by atoms with van der Waals surface area (Å²) in [6.07, 6.45) is 0.536. The van der Waals surface area contributed by atoms with Crippen molar-refractivity contribution in [3.63, 3.8) is 0 Å². The molecule has 1 heterocycles. The first kappa shape index (κ1) is 11.5. The first-order valence-electron chi connectivity index (χ1n) is 4.73. The Morgan fingerprint density at radius 1 is 1.50 bits per heavy atom. The molecule has 1 aromatic carbocycles. The minimum absolute atomic E-state index is 0.155. The van der Waals surface area contributed by atoms with Crippen molar-refractivity contribution in [3.05, 3.63) is 17.2 Å². The van der Waals surface area contributed by atoms with Gasteiger partial charge in [0.2, 0.25) is 0 Å². The van der Waals surface area contributed by atoms with Gasteiger partial charge in [-0.2, -0.15) is 0 Å². The van der Waals surface area contributed by atoms with Crippen molar-refractivity contribution in [1.82, 2.24) is 0 Å². The number of hydrogen-bond acceptors (Lipinski definition) is 4. The molecule has 0 saturated heterocycles. The van der Waals surface area contributed by atoms with E-state index in [-0.39, 0.29) is 4.90 Å². The zero-order chi connectivity index (χ0) is 11.9. The van der Waals surface area contributed by atoms with Crippen LogP contribution >= 0.6 is 10.7 Å². The molecule has 0 aromatic heterocycles. The molecule has 1 aliphatic heterocycles. The second-order valence-electron chi connectivity index (χ2n) is 3.57. The number of ether oxygens (including phenoxy) is 2. The lowest BCUT2D eigenvalue weighted by molar-refractivity contribution is 0.326.